The zero-order valence-corrected chi connectivity index (χ0v) is 19.9. The molecule has 3 aromatic carbocycles. The molecular weight excluding hydrogens is 452 g/mol. The summed E-state index contributed by atoms with van der Waals surface area (Å²) in [7, 11) is 1.65. The maximum atomic E-state index is 13.3. The highest BCUT2D eigenvalue weighted by atomic mass is 32.2. The number of amides is 1. The van der Waals surface area contributed by atoms with Gasteiger partial charge >= 0.3 is 0 Å². The minimum Gasteiger partial charge on any atom is -0.497 e. The molecule has 0 N–H and O–H groups in total. The molecule has 0 unspecified atom stereocenters. The molecular formula is C25H22N4O2S2. The maximum absolute atomic E-state index is 13.3. The van der Waals surface area contributed by atoms with E-state index in [2.05, 4.69) is 40.5 Å². The van der Waals surface area contributed by atoms with E-state index in [1.165, 1.54) is 28.5 Å². The molecule has 0 saturated heterocycles. The molecule has 0 spiro atoms. The third-order valence-electron chi connectivity index (χ3n) is 5.58. The first kappa shape index (κ1) is 21.6. The molecule has 0 aliphatic carbocycles. The van der Waals surface area contributed by atoms with Crippen LogP contribution in [0.1, 0.15) is 28.6 Å². The number of ether oxygens (including phenoxy) is 1. The first-order valence-electron chi connectivity index (χ1n) is 10.6. The fraction of sp³-hybridized carbons (Fsp3) is 0.200. The molecule has 1 aromatic heterocycles. The molecule has 4 aromatic rings. The van der Waals surface area contributed by atoms with Crippen LogP contribution in [0.3, 0.4) is 0 Å². The molecule has 8 heteroatoms. The Labute approximate surface area is 200 Å². The van der Waals surface area contributed by atoms with Gasteiger partial charge in [-0.3, -0.25) is 4.79 Å². The highest BCUT2D eigenvalue weighted by Gasteiger charge is 2.33. The molecule has 166 valence electrons. The topological polar surface area (TPSA) is 67.7 Å². The van der Waals surface area contributed by atoms with Crippen LogP contribution in [0.15, 0.2) is 76.2 Å². The lowest BCUT2D eigenvalue weighted by molar-refractivity contribution is -0.130. The fourth-order valence-corrected chi connectivity index (χ4v) is 5.56. The minimum absolute atomic E-state index is 0.0514. The van der Waals surface area contributed by atoms with E-state index in [1.54, 1.807) is 12.1 Å². The lowest BCUT2D eigenvalue weighted by Gasteiger charge is -2.22. The predicted octanol–water partition coefficient (Wildman–Crippen LogP) is 5.48. The first-order chi connectivity index (χ1) is 16.1. The molecule has 5 rings (SSSR count). The molecule has 0 bridgehead atoms. The van der Waals surface area contributed by atoms with Gasteiger partial charge in [0.2, 0.25) is 0 Å². The third-order valence-corrected chi connectivity index (χ3v) is 7.53. The van der Waals surface area contributed by atoms with Crippen LogP contribution in [0.4, 0.5) is 0 Å². The number of benzene rings is 3. The summed E-state index contributed by atoms with van der Waals surface area (Å²) < 4.78 is 6.09. The number of hydrogen-bond acceptors (Lipinski definition) is 7. The number of carbonyl (C=O) groups is 1. The molecule has 0 radical (unpaired) electrons. The van der Waals surface area contributed by atoms with Gasteiger partial charge in [0.1, 0.15) is 10.8 Å². The van der Waals surface area contributed by atoms with Crippen molar-refractivity contribution in [1.29, 1.82) is 0 Å². The van der Waals surface area contributed by atoms with Crippen LogP contribution in [0, 0.1) is 6.92 Å². The Morgan fingerprint density at radius 3 is 2.61 bits per heavy atom. The van der Waals surface area contributed by atoms with Gasteiger partial charge in [0, 0.05) is 6.42 Å². The number of aromatic nitrogens is 2. The Hall–Kier alpha value is -3.23. The van der Waals surface area contributed by atoms with Gasteiger partial charge in [-0.15, -0.1) is 10.2 Å². The number of nitrogens with zero attached hydrogens (tertiary/aromatic N) is 4. The molecule has 0 saturated carbocycles. The summed E-state index contributed by atoms with van der Waals surface area (Å²) >= 11 is 2.90. The van der Waals surface area contributed by atoms with Gasteiger partial charge in [0.25, 0.3) is 5.91 Å². The fourth-order valence-electron chi connectivity index (χ4n) is 3.90. The van der Waals surface area contributed by atoms with E-state index in [9.17, 15) is 4.79 Å². The number of methoxy groups -OCH3 is 1. The van der Waals surface area contributed by atoms with Gasteiger partial charge in [-0.1, -0.05) is 71.6 Å². The SMILES string of the molecule is COc1ccc([C@H]2CC(c3ccc4ccccc4c3)=NN2C(=O)CSc2nnc(C)s2)cc1. The smallest absolute Gasteiger partial charge is 0.253 e. The van der Waals surface area contributed by atoms with Crippen molar-refractivity contribution in [1.82, 2.24) is 15.2 Å². The Bertz CT molecular complexity index is 1330. The Morgan fingerprint density at radius 1 is 1.09 bits per heavy atom. The number of thioether (sulfide) groups is 1. The molecule has 0 fully saturated rings. The van der Waals surface area contributed by atoms with Crippen molar-refractivity contribution in [2.75, 3.05) is 12.9 Å². The average Bonchev–Trinajstić information content (AvgIpc) is 3.49. The summed E-state index contributed by atoms with van der Waals surface area (Å²) in [5.74, 6) is 0.993. The van der Waals surface area contributed by atoms with Gasteiger partial charge in [0.05, 0.1) is 24.6 Å². The largest absolute Gasteiger partial charge is 0.497 e. The molecule has 1 atom stereocenters. The number of carbonyl (C=O) groups excluding carboxylic acids is 1. The lowest BCUT2D eigenvalue weighted by Crippen LogP contribution is -2.28. The Kier molecular flexibility index (Phi) is 6.11. The van der Waals surface area contributed by atoms with Crippen molar-refractivity contribution >= 4 is 45.5 Å². The van der Waals surface area contributed by atoms with Crippen LogP contribution in [0.2, 0.25) is 0 Å². The number of fused-ring (bicyclic) bond motifs is 1. The van der Waals surface area contributed by atoms with Crippen LogP contribution in [0.25, 0.3) is 10.8 Å². The van der Waals surface area contributed by atoms with Crippen molar-refractivity contribution in [3.63, 3.8) is 0 Å². The van der Waals surface area contributed by atoms with E-state index in [1.807, 2.05) is 43.3 Å². The average molecular weight is 475 g/mol. The summed E-state index contributed by atoms with van der Waals surface area (Å²) in [4.78, 5) is 13.3. The third kappa shape index (κ3) is 4.62. The number of rotatable bonds is 6. The van der Waals surface area contributed by atoms with E-state index < -0.39 is 0 Å². The highest BCUT2D eigenvalue weighted by molar-refractivity contribution is 8.01. The summed E-state index contributed by atoms with van der Waals surface area (Å²) in [6, 6.07) is 22.3. The summed E-state index contributed by atoms with van der Waals surface area (Å²) in [6.45, 7) is 1.91. The van der Waals surface area contributed by atoms with E-state index in [4.69, 9.17) is 9.84 Å². The summed E-state index contributed by atoms with van der Waals surface area (Å²) in [5, 5.41) is 17.8. The Morgan fingerprint density at radius 2 is 1.88 bits per heavy atom. The van der Waals surface area contributed by atoms with E-state index in [0.717, 1.165) is 37.3 Å². The van der Waals surface area contributed by atoms with E-state index in [0.29, 0.717) is 6.42 Å². The normalized spacial score (nSPS) is 15.6. The Balaban J connectivity index is 1.44. The van der Waals surface area contributed by atoms with Crippen molar-refractivity contribution in [3.05, 3.63) is 82.9 Å². The number of hydrazone groups is 1. The van der Waals surface area contributed by atoms with Gasteiger partial charge in [-0.25, -0.2) is 5.01 Å². The highest BCUT2D eigenvalue weighted by Crippen LogP contribution is 2.35. The van der Waals surface area contributed by atoms with Crippen molar-refractivity contribution < 1.29 is 9.53 Å². The van der Waals surface area contributed by atoms with Crippen LogP contribution < -0.4 is 4.74 Å². The molecule has 1 aliphatic rings. The zero-order valence-electron chi connectivity index (χ0n) is 18.3. The maximum Gasteiger partial charge on any atom is 0.253 e. The summed E-state index contributed by atoms with van der Waals surface area (Å²) in [5.41, 5.74) is 2.97. The lowest BCUT2D eigenvalue weighted by atomic mass is 9.97. The van der Waals surface area contributed by atoms with Gasteiger partial charge < -0.3 is 4.74 Å². The molecule has 1 amide bonds. The number of aryl methyl sites for hydroxylation is 1. The molecule has 33 heavy (non-hydrogen) atoms. The second-order valence-electron chi connectivity index (χ2n) is 7.72. The van der Waals surface area contributed by atoms with Gasteiger partial charge in [0.15, 0.2) is 4.34 Å². The number of hydrogen-bond donors (Lipinski definition) is 0. The van der Waals surface area contributed by atoms with Crippen LogP contribution in [-0.4, -0.2) is 39.7 Å². The monoisotopic (exact) mass is 474 g/mol. The van der Waals surface area contributed by atoms with Crippen LogP contribution in [-0.2, 0) is 4.79 Å². The van der Waals surface area contributed by atoms with Crippen molar-refractivity contribution in [2.45, 2.75) is 23.7 Å². The van der Waals surface area contributed by atoms with Crippen LogP contribution >= 0.6 is 23.1 Å². The molecule has 2 heterocycles. The molecule has 1 aliphatic heterocycles. The van der Waals surface area contributed by atoms with Crippen molar-refractivity contribution in [2.24, 2.45) is 5.10 Å². The van der Waals surface area contributed by atoms with Crippen molar-refractivity contribution in [3.8, 4) is 5.75 Å². The van der Waals surface area contributed by atoms with Gasteiger partial charge in [-0.05, 0) is 47.0 Å². The van der Waals surface area contributed by atoms with E-state index >= 15 is 0 Å². The zero-order chi connectivity index (χ0) is 22.8. The quantitative estimate of drug-likeness (QED) is 0.346. The van der Waals surface area contributed by atoms with E-state index in [-0.39, 0.29) is 17.7 Å². The second-order valence-corrected chi connectivity index (χ2v) is 10.1. The minimum atomic E-state index is -0.165. The van der Waals surface area contributed by atoms with Crippen LogP contribution in [0.5, 0.6) is 5.75 Å². The molecule has 6 nitrogen and oxygen atoms in total. The van der Waals surface area contributed by atoms with Gasteiger partial charge in [-0.2, -0.15) is 5.10 Å². The summed E-state index contributed by atoms with van der Waals surface area (Å²) in [6.07, 6.45) is 0.652. The standard InChI is InChI=1S/C25H22N4O2S2/c1-16-26-27-25(33-16)32-15-24(30)29-23(18-9-11-21(31-2)12-10-18)14-22(28-29)20-8-7-17-5-3-4-6-19(17)13-20/h3-13,23H,14-15H2,1-2H3/t23-/m1/s1. The predicted molar refractivity (Wildman–Crippen MR) is 133 cm³/mol. The first-order valence-corrected chi connectivity index (χ1v) is 12.4. The second kappa shape index (κ2) is 9.33.